The fourth-order valence-corrected chi connectivity index (χ4v) is 6.01. The molecule has 10 nitrogen and oxygen atoms in total. The molecule has 0 spiro atoms. The second-order valence-electron chi connectivity index (χ2n) is 11.4. The van der Waals surface area contributed by atoms with Crippen LogP contribution in [0.1, 0.15) is 37.9 Å². The summed E-state index contributed by atoms with van der Waals surface area (Å²) in [5.74, 6) is -1.77. The monoisotopic (exact) mass is 602 g/mol. The summed E-state index contributed by atoms with van der Waals surface area (Å²) in [6, 6.07) is 6.71. The van der Waals surface area contributed by atoms with E-state index in [9.17, 15) is 14.7 Å². The highest BCUT2D eigenvalue weighted by molar-refractivity contribution is 5.91. The van der Waals surface area contributed by atoms with E-state index in [-0.39, 0.29) is 64.8 Å². The van der Waals surface area contributed by atoms with Crippen molar-refractivity contribution < 1.29 is 23.4 Å². The summed E-state index contributed by atoms with van der Waals surface area (Å²) in [6.45, 7) is 10.1. The van der Waals surface area contributed by atoms with Crippen LogP contribution in [-0.4, -0.2) is 73.8 Å². The predicted octanol–water partition coefficient (Wildman–Crippen LogP) is 3.76. The van der Waals surface area contributed by atoms with Crippen molar-refractivity contribution in [3.8, 4) is 22.7 Å². The van der Waals surface area contributed by atoms with Crippen molar-refractivity contribution >= 4 is 22.8 Å². The van der Waals surface area contributed by atoms with Gasteiger partial charge in [-0.15, -0.1) is 0 Å². The number of fused-ring (bicyclic) bond motifs is 5. The molecule has 2 bridgehead atoms. The third-order valence-electron chi connectivity index (χ3n) is 8.09. The maximum atomic E-state index is 16.1. The van der Waals surface area contributed by atoms with Gasteiger partial charge in [-0.1, -0.05) is 26.5 Å². The van der Waals surface area contributed by atoms with Crippen LogP contribution in [0.5, 0.6) is 5.75 Å². The van der Waals surface area contributed by atoms with E-state index in [4.69, 9.17) is 4.74 Å². The minimum absolute atomic E-state index is 0.00741. The molecule has 3 aromatic heterocycles. The Balaban J connectivity index is 1.69. The summed E-state index contributed by atoms with van der Waals surface area (Å²) >= 11 is 0. The van der Waals surface area contributed by atoms with Crippen LogP contribution in [0.2, 0.25) is 0 Å². The Kier molecular flexibility index (Phi) is 7.62. The van der Waals surface area contributed by atoms with E-state index in [0.717, 1.165) is 0 Å². The van der Waals surface area contributed by atoms with Gasteiger partial charge in [0, 0.05) is 38.3 Å². The number of anilines is 1. The van der Waals surface area contributed by atoms with E-state index in [2.05, 4.69) is 21.5 Å². The molecular formula is C32H32F2N6O4. The van der Waals surface area contributed by atoms with Gasteiger partial charge in [0.05, 0.1) is 28.4 Å². The van der Waals surface area contributed by atoms with Crippen LogP contribution in [0, 0.1) is 11.6 Å². The highest BCUT2D eigenvalue weighted by Gasteiger charge is 2.32. The molecule has 1 N–H and O–H groups in total. The van der Waals surface area contributed by atoms with Crippen molar-refractivity contribution in [1.29, 1.82) is 0 Å². The average molecular weight is 603 g/mol. The molecule has 2 atom stereocenters. The summed E-state index contributed by atoms with van der Waals surface area (Å²) in [5, 5.41) is 11.2. The van der Waals surface area contributed by atoms with Gasteiger partial charge in [0.2, 0.25) is 5.91 Å². The van der Waals surface area contributed by atoms with Crippen molar-refractivity contribution in [2.45, 2.75) is 45.3 Å². The SMILES string of the molecule is C=CC(=O)N1CCN(c2nc(=O)n3c4nc(c(F)cc24)-c2c(F)cccc2OCC(O)Cc2ccnc(C(C)C)c2-3)C(C)C1. The average Bonchev–Trinajstić information content (AvgIpc) is 2.99. The number of aliphatic hydroxyl groups is 1. The first-order chi connectivity index (χ1) is 21.1. The number of carbonyl (C=O) groups is 1. The van der Waals surface area contributed by atoms with Crippen LogP contribution in [0.25, 0.3) is 28.0 Å². The maximum absolute atomic E-state index is 16.1. The Hall–Kier alpha value is -4.71. The zero-order valence-corrected chi connectivity index (χ0v) is 24.6. The predicted molar refractivity (Wildman–Crippen MR) is 161 cm³/mol. The van der Waals surface area contributed by atoms with Crippen molar-refractivity contribution in [3.05, 3.63) is 82.6 Å². The van der Waals surface area contributed by atoms with Gasteiger partial charge in [-0.3, -0.25) is 9.78 Å². The lowest BCUT2D eigenvalue weighted by molar-refractivity contribution is -0.126. The first kappa shape index (κ1) is 29.4. The van der Waals surface area contributed by atoms with Crippen LogP contribution in [-0.2, 0) is 11.2 Å². The molecule has 1 aromatic carbocycles. The van der Waals surface area contributed by atoms with Crippen LogP contribution >= 0.6 is 0 Å². The quantitative estimate of drug-likeness (QED) is 0.353. The van der Waals surface area contributed by atoms with Gasteiger partial charge in [-0.05, 0) is 48.7 Å². The van der Waals surface area contributed by atoms with Crippen LogP contribution in [0.3, 0.4) is 0 Å². The fourth-order valence-electron chi connectivity index (χ4n) is 6.01. The van der Waals surface area contributed by atoms with Crippen LogP contribution in [0.4, 0.5) is 14.6 Å². The number of halogens is 2. The van der Waals surface area contributed by atoms with Gasteiger partial charge in [-0.2, -0.15) is 4.98 Å². The van der Waals surface area contributed by atoms with Gasteiger partial charge in [0.1, 0.15) is 29.7 Å². The van der Waals surface area contributed by atoms with Crippen LogP contribution < -0.4 is 15.3 Å². The summed E-state index contributed by atoms with van der Waals surface area (Å²) in [4.78, 5) is 43.6. The third-order valence-corrected chi connectivity index (χ3v) is 8.09. The molecule has 0 radical (unpaired) electrons. The summed E-state index contributed by atoms with van der Waals surface area (Å²) in [6.07, 6.45) is 1.90. The van der Waals surface area contributed by atoms with Crippen molar-refractivity contribution in [2.24, 2.45) is 0 Å². The molecule has 12 heteroatoms. The number of nitrogens with zero attached hydrogens (tertiary/aromatic N) is 6. The molecule has 2 unspecified atom stereocenters. The molecule has 44 heavy (non-hydrogen) atoms. The number of piperazine rings is 1. The maximum Gasteiger partial charge on any atom is 0.355 e. The third kappa shape index (κ3) is 4.98. The highest BCUT2D eigenvalue weighted by atomic mass is 19.1. The number of amides is 1. The summed E-state index contributed by atoms with van der Waals surface area (Å²) < 4.78 is 38.6. The Morgan fingerprint density at radius 1 is 1.18 bits per heavy atom. The molecule has 1 amide bonds. The molecule has 1 saturated heterocycles. The van der Waals surface area contributed by atoms with Crippen molar-refractivity contribution in [3.63, 3.8) is 0 Å². The summed E-state index contributed by atoms with van der Waals surface area (Å²) in [5.41, 5.74) is 0.305. The Labute approximate surface area is 252 Å². The van der Waals surface area contributed by atoms with E-state index >= 15 is 8.78 Å². The van der Waals surface area contributed by atoms with Gasteiger partial charge in [-0.25, -0.2) is 23.1 Å². The topological polar surface area (TPSA) is 114 Å². The standard InChI is InChI=1S/C32H32F2N6O4/c1-5-25(42)38-11-12-39(18(4)15-38)30-21-14-23(34)28-26-22(33)7-6-8-24(26)44-16-20(41)13-19-9-10-35-27(17(2)3)29(19)40(31(21)36-28)32(43)37-30/h5-10,14,17-18,20,41H,1,11-13,15-16H2,2-4H3. The summed E-state index contributed by atoms with van der Waals surface area (Å²) in [7, 11) is 0. The van der Waals surface area contributed by atoms with Gasteiger partial charge >= 0.3 is 5.69 Å². The largest absolute Gasteiger partial charge is 0.490 e. The van der Waals surface area contributed by atoms with Gasteiger partial charge in [0.25, 0.3) is 0 Å². The number of hydrogen-bond donors (Lipinski definition) is 1. The Morgan fingerprint density at radius 3 is 2.70 bits per heavy atom. The number of pyridine rings is 2. The fraction of sp³-hybridized carbons (Fsp3) is 0.344. The molecule has 1 fully saturated rings. The lowest BCUT2D eigenvalue weighted by Crippen LogP contribution is -2.54. The Morgan fingerprint density at radius 2 is 1.98 bits per heavy atom. The lowest BCUT2D eigenvalue weighted by Gasteiger charge is -2.40. The molecule has 5 heterocycles. The second-order valence-corrected chi connectivity index (χ2v) is 11.4. The molecule has 2 aliphatic heterocycles. The normalized spacial score (nSPS) is 18.3. The van der Waals surface area contributed by atoms with E-state index in [0.29, 0.717) is 36.6 Å². The second kappa shape index (κ2) is 11.4. The minimum Gasteiger partial charge on any atom is -0.490 e. The first-order valence-electron chi connectivity index (χ1n) is 14.5. The minimum atomic E-state index is -1.04. The molecule has 228 valence electrons. The molecule has 2 aliphatic rings. The molecule has 0 aliphatic carbocycles. The zero-order chi connectivity index (χ0) is 31.3. The number of carbonyl (C=O) groups excluding carboxylic acids is 1. The van der Waals surface area contributed by atoms with Gasteiger partial charge in [0.15, 0.2) is 11.5 Å². The van der Waals surface area contributed by atoms with E-state index in [1.807, 2.05) is 25.7 Å². The molecule has 4 aromatic rings. The van der Waals surface area contributed by atoms with Crippen molar-refractivity contribution in [2.75, 3.05) is 31.1 Å². The Bertz CT molecular complexity index is 1860. The van der Waals surface area contributed by atoms with Crippen molar-refractivity contribution in [1.82, 2.24) is 24.4 Å². The van der Waals surface area contributed by atoms with E-state index < -0.39 is 23.4 Å². The van der Waals surface area contributed by atoms with E-state index in [1.54, 1.807) is 17.2 Å². The number of benzene rings is 1. The number of ether oxygens (including phenoxy) is 1. The van der Waals surface area contributed by atoms with Crippen LogP contribution in [0.15, 0.2) is 54.0 Å². The van der Waals surface area contributed by atoms with E-state index in [1.165, 1.54) is 34.9 Å². The molecule has 6 rings (SSSR count). The molecule has 0 saturated carbocycles. The van der Waals surface area contributed by atoms with Gasteiger partial charge < -0.3 is 19.6 Å². The number of aromatic nitrogens is 4. The highest BCUT2D eigenvalue weighted by Crippen LogP contribution is 2.38. The molecular weight excluding hydrogens is 570 g/mol. The smallest absolute Gasteiger partial charge is 0.355 e. The number of hydrogen-bond acceptors (Lipinski definition) is 8. The number of rotatable bonds is 3. The lowest BCUT2D eigenvalue weighted by atomic mass is 9.99. The zero-order valence-electron chi connectivity index (χ0n) is 24.6. The number of aliphatic hydroxyl groups excluding tert-OH is 1. The first-order valence-corrected chi connectivity index (χ1v) is 14.5.